The maximum atomic E-state index is 14.1. The van der Waals surface area contributed by atoms with Crippen molar-refractivity contribution in [3.8, 4) is 5.75 Å². The average Bonchev–Trinajstić information content (AvgIpc) is 3.40. The third-order valence-electron chi connectivity index (χ3n) is 5.87. The van der Waals surface area contributed by atoms with Crippen LogP contribution in [0.2, 0.25) is 0 Å². The van der Waals surface area contributed by atoms with E-state index in [4.69, 9.17) is 9.15 Å². The standard InChI is InChI=1S/C22H16F6N4O3/c1-34-11-8-5-9-12-15(11)29-19(35-12)14-16(21(23,24)25)30-18-13(10-6-3-2-4-7-10)17(22(26,27)28)31-32(18)20(14)33/h2-9,13,17-18,30-31H,1H3. The normalized spacial score (nSPS) is 23.0. The van der Waals surface area contributed by atoms with E-state index in [-0.39, 0.29) is 22.4 Å². The van der Waals surface area contributed by atoms with E-state index in [2.05, 4.69) is 15.7 Å². The molecule has 3 aromatic rings. The number of rotatable bonds is 3. The quantitative estimate of drug-likeness (QED) is 0.530. The summed E-state index contributed by atoms with van der Waals surface area (Å²) in [7, 11) is 1.32. The van der Waals surface area contributed by atoms with Crippen LogP contribution in [0.15, 0.2) is 58.6 Å². The highest BCUT2D eigenvalue weighted by Crippen LogP contribution is 2.45. The van der Waals surface area contributed by atoms with Crippen molar-refractivity contribution < 1.29 is 40.3 Å². The lowest BCUT2D eigenvalue weighted by atomic mass is 9.89. The van der Waals surface area contributed by atoms with Crippen molar-refractivity contribution in [3.05, 3.63) is 65.7 Å². The van der Waals surface area contributed by atoms with Gasteiger partial charge < -0.3 is 14.5 Å². The number of amides is 1. The first-order valence-electron chi connectivity index (χ1n) is 10.2. The molecule has 1 amide bonds. The molecule has 0 radical (unpaired) electrons. The number of ether oxygens (including phenoxy) is 1. The lowest BCUT2D eigenvalue weighted by molar-refractivity contribution is -0.161. The van der Waals surface area contributed by atoms with Crippen molar-refractivity contribution in [2.24, 2.45) is 0 Å². The van der Waals surface area contributed by atoms with Crippen LogP contribution in [0.25, 0.3) is 16.7 Å². The second-order valence-corrected chi connectivity index (χ2v) is 7.92. The monoisotopic (exact) mass is 498 g/mol. The molecule has 2 aromatic carbocycles. The number of fused-ring (bicyclic) bond motifs is 2. The van der Waals surface area contributed by atoms with Gasteiger partial charge in [0.15, 0.2) is 11.1 Å². The van der Waals surface area contributed by atoms with Gasteiger partial charge in [0.25, 0.3) is 5.91 Å². The number of para-hydroxylation sites is 1. The van der Waals surface area contributed by atoms with Gasteiger partial charge in [-0.05, 0) is 17.7 Å². The van der Waals surface area contributed by atoms with Gasteiger partial charge in [-0.3, -0.25) is 4.79 Å². The maximum Gasteiger partial charge on any atom is 0.431 e. The largest absolute Gasteiger partial charge is 0.494 e. The van der Waals surface area contributed by atoms with Crippen molar-refractivity contribution in [3.63, 3.8) is 0 Å². The molecule has 7 nitrogen and oxygen atoms in total. The number of benzene rings is 2. The van der Waals surface area contributed by atoms with Crippen LogP contribution in [-0.4, -0.2) is 47.6 Å². The Morgan fingerprint density at radius 1 is 1.03 bits per heavy atom. The first-order chi connectivity index (χ1) is 16.5. The number of halogens is 6. The van der Waals surface area contributed by atoms with Gasteiger partial charge in [0.1, 0.15) is 29.2 Å². The zero-order valence-electron chi connectivity index (χ0n) is 17.7. The summed E-state index contributed by atoms with van der Waals surface area (Å²) < 4.78 is 94.7. The average molecular weight is 498 g/mol. The molecule has 0 spiro atoms. The van der Waals surface area contributed by atoms with E-state index in [1.165, 1.54) is 49.6 Å². The number of oxazole rings is 1. The van der Waals surface area contributed by atoms with E-state index < -0.39 is 53.5 Å². The van der Waals surface area contributed by atoms with E-state index >= 15 is 0 Å². The zero-order chi connectivity index (χ0) is 25.1. The Hall–Kier alpha value is -3.74. The third-order valence-corrected chi connectivity index (χ3v) is 5.87. The van der Waals surface area contributed by atoms with Crippen LogP contribution in [0.4, 0.5) is 26.3 Å². The number of hydrogen-bond donors (Lipinski definition) is 2. The Bertz CT molecular complexity index is 1320. The molecule has 0 saturated carbocycles. The van der Waals surface area contributed by atoms with Crippen molar-refractivity contribution in [2.45, 2.75) is 30.5 Å². The fourth-order valence-electron chi connectivity index (χ4n) is 4.38. The van der Waals surface area contributed by atoms with Crippen LogP contribution < -0.4 is 15.5 Å². The van der Waals surface area contributed by atoms with Crippen LogP contribution in [0.3, 0.4) is 0 Å². The van der Waals surface area contributed by atoms with Gasteiger partial charge in [-0.25, -0.2) is 15.4 Å². The number of carbonyl (C=O) groups excluding carboxylic acids is 1. The number of hydrazine groups is 1. The van der Waals surface area contributed by atoms with E-state index in [0.29, 0.717) is 5.01 Å². The number of alkyl halides is 6. The number of nitrogens with zero attached hydrogens (tertiary/aromatic N) is 2. The van der Waals surface area contributed by atoms with Crippen molar-refractivity contribution in [1.29, 1.82) is 0 Å². The van der Waals surface area contributed by atoms with Gasteiger partial charge in [-0.15, -0.1) is 0 Å². The van der Waals surface area contributed by atoms with Crippen LogP contribution in [-0.2, 0) is 4.79 Å². The predicted molar refractivity (Wildman–Crippen MR) is 109 cm³/mol. The highest BCUT2D eigenvalue weighted by molar-refractivity contribution is 6.20. The summed E-state index contributed by atoms with van der Waals surface area (Å²) in [5.74, 6) is -3.45. The van der Waals surface area contributed by atoms with E-state index in [9.17, 15) is 31.1 Å². The maximum absolute atomic E-state index is 14.1. The number of aromatic nitrogens is 1. The molecule has 2 N–H and O–H groups in total. The molecule has 13 heteroatoms. The lowest BCUT2D eigenvalue weighted by Gasteiger charge is -2.35. The van der Waals surface area contributed by atoms with Crippen molar-refractivity contribution in [1.82, 2.24) is 20.7 Å². The number of carbonyl (C=O) groups is 1. The molecule has 3 unspecified atom stereocenters. The van der Waals surface area contributed by atoms with Gasteiger partial charge >= 0.3 is 12.4 Å². The number of methoxy groups -OCH3 is 1. The molecule has 3 heterocycles. The molecule has 2 aliphatic rings. The summed E-state index contributed by atoms with van der Waals surface area (Å²) in [6.45, 7) is 0. The topological polar surface area (TPSA) is 79.6 Å². The smallest absolute Gasteiger partial charge is 0.431 e. The highest BCUT2D eigenvalue weighted by atomic mass is 19.4. The summed E-state index contributed by atoms with van der Waals surface area (Å²) in [6.07, 6.45) is -11.7. The zero-order valence-corrected chi connectivity index (χ0v) is 17.7. The molecule has 1 fully saturated rings. The number of allylic oxidation sites excluding steroid dienone is 1. The second kappa shape index (κ2) is 7.90. The fourth-order valence-corrected chi connectivity index (χ4v) is 4.38. The molecule has 1 saturated heterocycles. The molecule has 3 atom stereocenters. The number of nitrogens with one attached hydrogen (secondary N) is 2. The minimum absolute atomic E-state index is 0.0352. The van der Waals surface area contributed by atoms with Crippen LogP contribution in [0.5, 0.6) is 5.75 Å². The van der Waals surface area contributed by atoms with Gasteiger partial charge in [0.05, 0.1) is 13.0 Å². The Morgan fingerprint density at radius 2 is 1.74 bits per heavy atom. The molecule has 35 heavy (non-hydrogen) atoms. The minimum Gasteiger partial charge on any atom is -0.494 e. The molecule has 1 aromatic heterocycles. The third kappa shape index (κ3) is 3.75. The summed E-state index contributed by atoms with van der Waals surface area (Å²) in [6, 6.07) is 9.29. The summed E-state index contributed by atoms with van der Waals surface area (Å²) >= 11 is 0. The van der Waals surface area contributed by atoms with Crippen LogP contribution >= 0.6 is 0 Å². The van der Waals surface area contributed by atoms with E-state index in [1.54, 1.807) is 6.07 Å². The number of hydrogen-bond acceptors (Lipinski definition) is 6. The first-order valence-corrected chi connectivity index (χ1v) is 10.2. The highest BCUT2D eigenvalue weighted by Gasteiger charge is 2.60. The van der Waals surface area contributed by atoms with Gasteiger partial charge in [-0.1, -0.05) is 36.4 Å². The molecule has 2 aliphatic heterocycles. The Kier molecular flexibility index (Phi) is 5.20. The SMILES string of the molecule is COc1cccc2oc(C3=C(C(F)(F)F)NC4C(c5ccccc5)C(C(F)(F)F)NN4C3=O)nc12. The van der Waals surface area contributed by atoms with Crippen molar-refractivity contribution in [2.75, 3.05) is 7.11 Å². The van der Waals surface area contributed by atoms with E-state index in [0.717, 1.165) is 0 Å². The molecule has 184 valence electrons. The lowest BCUT2D eigenvalue weighted by Crippen LogP contribution is -2.56. The van der Waals surface area contributed by atoms with Crippen LogP contribution in [0, 0.1) is 0 Å². The van der Waals surface area contributed by atoms with Gasteiger partial charge in [-0.2, -0.15) is 26.3 Å². The summed E-state index contributed by atoms with van der Waals surface area (Å²) in [5, 5.41) is 2.64. The minimum atomic E-state index is -5.13. The molecular weight excluding hydrogens is 482 g/mol. The Labute approximate surface area is 193 Å². The second-order valence-electron chi connectivity index (χ2n) is 7.92. The van der Waals surface area contributed by atoms with Crippen molar-refractivity contribution >= 4 is 22.6 Å². The summed E-state index contributed by atoms with van der Waals surface area (Å²) in [5.41, 5.74) is -0.336. The Morgan fingerprint density at radius 3 is 2.37 bits per heavy atom. The molecule has 0 aliphatic carbocycles. The first kappa shape index (κ1) is 23.0. The van der Waals surface area contributed by atoms with E-state index in [1.807, 2.05) is 0 Å². The van der Waals surface area contributed by atoms with Crippen LogP contribution in [0.1, 0.15) is 17.4 Å². The van der Waals surface area contributed by atoms with Gasteiger partial charge in [0.2, 0.25) is 5.89 Å². The molecule has 5 rings (SSSR count). The predicted octanol–water partition coefficient (Wildman–Crippen LogP) is 4.10. The molecular formula is C22H16F6N4O3. The van der Waals surface area contributed by atoms with Gasteiger partial charge in [0, 0.05) is 0 Å². The Balaban J connectivity index is 1.67. The molecule has 0 bridgehead atoms. The summed E-state index contributed by atoms with van der Waals surface area (Å²) in [4.78, 5) is 17.3. The fraction of sp³-hybridized carbons (Fsp3) is 0.273.